The Bertz CT molecular complexity index is 537. The fourth-order valence-electron chi connectivity index (χ4n) is 1.75. The van der Waals surface area contributed by atoms with Crippen molar-refractivity contribution in [3.05, 3.63) is 35.9 Å². The number of aryl methyl sites for hydroxylation is 2. The summed E-state index contributed by atoms with van der Waals surface area (Å²) in [6, 6.07) is 4.05. The van der Waals surface area contributed by atoms with Gasteiger partial charge in [0.2, 0.25) is 0 Å². The SMILES string of the molecule is CCCNc1cc(-c2cncc(C)c2)nc(C)n1. The van der Waals surface area contributed by atoms with E-state index in [1.807, 2.05) is 32.3 Å². The van der Waals surface area contributed by atoms with Gasteiger partial charge in [0.25, 0.3) is 0 Å². The van der Waals surface area contributed by atoms with Crippen LogP contribution < -0.4 is 5.32 Å². The summed E-state index contributed by atoms with van der Waals surface area (Å²) in [5, 5.41) is 3.29. The maximum absolute atomic E-state index is 4.46. The first-order chi connectivity index (χ1) is 8.69. The van der Waals surface area contributed by atoms with Gasteiger partial charge in [0.05, 0.1) is 5.69 Å². The predicted molar refractivity (Wildman–Crippen MR) is 73.5 cm³/mol. The quantitative estimate of drug-likeness (QED) is 0.895. The molecule has 4 nitrogen and oxygen atoms in total. The van der Waals surface area contributed by atoms with Crippen molar-refractivity contribution in [3.63, 3.8) is 0 Å². The highest BCUT2D eigenvalue weighted by atomic mass is 15.0. The summed E-state index contributed by atoms with van der Waals surface area (Å²) in [5.74, 6) is 1.65. The van der Waals surface area contributed by atoms with E-state index in [0.717, 1.165) is 41.4 Å². The molecule has 0 unspecified atom stereocenters. The van der Waals surface area contributed by atoms with E-state index in [9.17, 15) is 0 Å². The Kier molecular flexibility index (Phi) is 3.87. The zero-order valence-electron chi connectivity index (χ0n) is 11.1. The fourth-order valence-corrected chi connectivity index (χ4v) is 1.75. The van der Waals surface area contributed by atoms with Crippen LogP contribution >= 0.6 is 0 Å². The lowest BCUT2D eigenvalue weighted by Crippen LogP contribution is -2.04. The van der Waals surface area contributed by atoms with E-state index < -0.39 is 0 Å². The van der Waals surface area contributed by atoms with E-state index in [2.05, 4.69) is 33.3 Å². The molecule has 2 aromatic rings. The first-order valence-corrected chi connectivity index (χ1v) is 6.20. The van der Waals surface area contributed by atoms with E-state index in [0.29, 0.717) is 0 Å². The van der Waals surface area contributed by atoms with Gasteiger partial charge in [0, 0.05) is 30.6 Å². The van der Waals surface area contributed by atoms with Gasteiger partial charge in [-0.1, -0.05) is 6.92 Å². The Morgan fingerprint density at radius 3 is 2.67 bits per heavy atom. The van der Waals surface area contributed by atoms with Gasteiger partial charge in [-0.2, -0.15) is 0 Å². The van der Waals surface area contributed by atoms with Gasteiger partial charge >= 0.3 is 0 Å². The number of pyridine rings is 1. The van der Waals surface area contributed by atoms with Crippen LogP contribution in [0.15, 0.2) is 24.5 Å². The van der Waals surface area contributed by atoms with Crippen molar-refractivity contribution >= 4 is 5.82 Å². The molecule has 0 radical (unpaired) electrons. The molecule has 0 aliphatic rings. The first kappa shape index (κ1) is 12.5. The Morgan fingerprint density at radius 2 is 1.94 bits per heavy atom. The fraction of sp³-hybridized carbons (Fsp3) is 0.357. The molecule has 0 aliphatic heterocycles. The summed E-state index contributed by atoms with van der Waals surface area (Å²) in [4.78, 5) is 13.0. The van der Waals surface area contributed by atoms with E-state index in [1.165, 1.54) is 0 Å². The molecule has 0 saturated carbocycles. The highest BCUT2D eigenvalue weighted by Crippen LogP contribution is 2.19. The Balaban J connectivity index is 2.35. The van der Waals surface area contributed by atoms with Gasteiger partial charge in [0.1, 0.15) is 11.6 Å². The third-order valence-corrected chi connectivity index (χ3v) is 2.56. The molecule has 0 saturated heterocycles. The molecule has 1 N–H and O–H groups in total. The highest BCUT2D eigenvalue weighted by Gasteiger charge is 2.04. The molecule has 0 aromatic carbocycles. The van der Waals surface area contributed by atoms with Gasteiger partial charge in [-0.15, -0.1) is 0 Å². The number of hydrogen-bond donors (Lipinski definition) is 1. The lowest BCUT2D eigenvalue weighted by molar-refractivity contribution is 0.955. The van der Waals surface area contributed by atoms with E-state index in [4.69, 9.17) is 0 Å². The summed E-state index contributed by atoms with van der Waals surface area (Å²) < 4.78 is 0. The van der Waals surface area contributed by atoms with Gasteiger partial charge in [-0.05, 0) is 31.9 Å². The summed E-state index contributed by atoms with van der Waals surface area (Å²) in [6.07, 6.45) is 4.75. The largest absolute Gasteiger partial charge is 0.370 e. The van der Waals surface area contributed by atoms with Crippen molar-refractivity contribution in [2.45, 2.75) is 27.2 Å². The number of anilines is 1. The van der Waals surface area contributed by atoms with Crippen molar-refractivity contribution in [1.82, 2.24) is 15.0 Å². The number of nitrogens with zero attached hydrogens (tertiary/aromatic N) is 3. The lowest BCUT2D eigenvalue weighted by Gasteiger charge is -2.08. The van der Waals surface area contributed by atoms with Crippen molar-refractivity contribution in [2.24, 2.45) is 0 Å². The summed E-state index contributed by atoms with van der Waals surface area (Å²) in [6.45, 7) is 6.99. The second-order valence-electron chi connectivity index (χ2n) is 4.36. The van der Waals surface area contributed by atoms with Crippen LogP contribution in [0, 0.1) is 13.8 Å². The van der Waals surface area contributed by atoms with Crippen LogP contribution in [-0.4, -0.2) is 21.5 Å². The summed E-state index contributed by atoms with van der Waals surface area (Å²) in [7, 11) is 0. The summed E-state index contributed by atoms with van der Waals surface area (Å²) >= 11 is 0. The van der Waals surface area contributed by atoms with Crippen molar-refractivity contribution in [1.29, 1.82) is 0 Å². The van der Waals surface area contributed by atoms with Crippen molar-refractivity contribution < 1.29 is 0 Å². The van der Waals surface area contributed by atoms with Crippen LogP contribution in [0.2, 0.25) is 0 Å². The molecule has 4 heteroatoms. The minimum Gasteiger partial charge on any atom is -0.370 e. The van der Waals surface area contributed by atoms with Gasteiger partial charge in [-0.3, -0.25) is 4.98 Å². The van der Waals surface area contributed by atoms with Crippen LogP contribution in [0.1, 0.15) is 24.7 Å². The molecule has 0 bridgehead atoms. The third-order valence-electron chi connectivity index (χ3n) is 2.56. The number of rotatable bonds is 4. The zero-order valence-corrected chi connectivity index (χ0v) is 11.1. The minimum absolute atomic E-state index is 0.771. The molecule has 0 aliphatic carbocycles. The van der Waals surface area contributed by atoms with Gasteiger partial charge in [-0.25, -0.2) is 9.97 Å². The van der Waals surface area contributed by atoms with Crippen molar-refractivity contribution in [2.75, 3.05) is 11.9 Å². The second-order valence-corrected chi connectivity index (χ2v) is 4.36. The van der Waals surface area contributed by atoms with Crippen LogP contribution in [0.4, 0.5) is 5.82 Å². The predicted octanol–water partition coefficient (Wildman–Crippen LogP) is 2.98. The summed E-state index contributed by atoms with van der Waals surface area (Å²) in [5.41, 5.74) is 3.07. The molecule has 2 rings (SSSR count). The monoisotopic (exact) mass is 242 g/mol. The van der Waals surface area contributed by atoms with Crippen LogP contribution in [-0.2, 0) is 0 Å². The average molecular weight is 242 g/mol. The number of nitrogens with one attached hydrogen (secondary N) is 1. The highest BCUT2D eigenvalue weighted by molar-refractivity contribution is 5.62. The minimum atomic E-state index is 0.771. The topological polar surface area (TPSA) is 50.7 Å². The molecule has 18 heavy (non-hydrogen) atoms. The molecule has 0 atom stereocenters. The van der Waals surface area contributed by atoms with Crippen LogP contribution in [0.5, 0.6) is 0 Å². The third kappa shape index (κ3) is 3.03. The molecular weight excluding hydrogens is 224 g/mol. The standard InChI is InChI=1S/C14H18N4/c1-4-5-16-14-7-13(17-11(3)18-14)12-6-10(2)8-15-9-12/h6-9H,4-5H2,1-3H3,(H,16,17,18). The normalized spacial score (nSPS) is 10.4. The van der Waals surface area contributed by atoms with Crippen LogP contribution in [0.25, 0.3) is 11.3 Å². The van der Waals surface area contributed by atoms with E-state index in [-0.39, 0.29) is 0 Å². The number of hydrogen-bond acceptors (Lipinski definition) is 4. The van der Waals surface area contributed by atoms with Gasteiger partial charge < -0.3 is 5.32 Å². The Labute approximate surface area is 108 Å². The molecule has 94 valence electrons. The molecule has 0 amide bonds. The average Bonchev–Trinajstić information content (AvgIpc) is 2.36. The van der Waals surface area contributed by atoms with E-state index in [1.54, 1.807) is 0 Å². The number of aromatic nitrogens is 3. The molecular formula is C14H18N4. The first-order valence-electron chi connectivity index (χ1n) is 6.20. The van der Waals surface area contributed by atoms with E-state index >= 15 is 0 Å². The zero-order chi connectivity index (χ0) is 13.0. The Morgan fingerprint density at radius 1 is 1.11 bits per heavy atom. The molecule has 0 fully saturated rings. The molecule has 0 spiro atoms. The lowest BCUT2D eigenvalue weighted by atomic mass is 10.1. The smallest absolute Gasteiger partial charge is 0.130 e. The molecule has 2 heterocycles. The maximum Gasteiger partial charge on any atom is 0.130 e. The Hall–Kier alpha value is -1.97. The molecule has 2 aromatic heterocycles. The second kappa shape index (κ2) is 5.58. The maximum atomic E-state index is 4.46. The van der Waals surface area contributed by atoms with Gasteiger partial charge in [0.15, 0.2) is 0 Å². The van der Waals surface area contributed by atoms with Crippen molar-refractivity contribution in [3.8, 4) is 11.3 Å². The van der Waals surface area contributed by atoms with Crippen LogP contribution in [0.3, 0.4) is 0 Å².